The van der Waals surface area contributed by atoms with Crippen LogP contribution in [0.15, 0.2) is 0 Å². The lowest BCUT2D eigenvalue weighted by Crippen LogP contribution is -2.34. The molecule has 1 fully saturated rings. The van der Waals surface area contributed by atoms with Crippen LogP contribution >= 0.6 is 11.3 Å². The van der Waals surface area contributed by atoms with Crippen LogP contribution in [0, 0.1) is 18.8 Å². The molecule has 1 N–H and O–H groups in total. The fraction of sp³-hybridized carbons (Fsp3) is 0.800. The van der Waals surface area contributed by atoms with Crippen LogP contribution in [0.1, 0.15) is 44.2 Å². The van der Waals surface area contributed by atoms with Gasteiger partial charge in [-0.15, -0.1) is 11.3 Å². The molecule has 0 bridgehead atoms. The van der Waals surface area contributed by atoms with Crippen LogP contribution in [0.5, 0.6) is 0 Å². The molecule has 1 saturated heterocycles. The third kappa shape index (κ3) is 4.18. The fourth-order valence-corrected chi connectivity index (χ4v) is 3.61. The van der Waals surface area contributed by atoms with Crippen molar-refractivity contribution in [3.8, 4) is 0 Å². The third-order valence-corrected chi connectivity index (χ3v) is 4.87. The van der Waals surface area contributed by atoms with Crippen LogP contribution in [-0.4, -0.2) is 24.6 Å². The number of aromatic nitrogens is 1. The third-order valence-electron chi connectivity index (χ3n) is 3.65. The number of aryl methyl sites for hydroxylation is 1. The molecule has 0 aliphatic carbocycles. The Morgan fingerprint density at radius 3 is 2.95 bits per heavy atom. The summed E-state index contributed by atoms with van der Waals surface area (Å²) in [7, 11) is 0. The van der Waals surface area contributed by atoms with Gasteiger partial charge < -0.3 is 10.2 Å². The molecule has 3 nitrogen and oxygen atoms in total. The summed E-state index contributed by atoms with van der Waals surface area (Å²) in [5, 5.41) is 4.75. The van der Waals surface area contributed by atoms with Crippen molar-refractivity contribution in [3.05, 3.63) is 10.6 Å². The average Bonchev–Trinajstić information content (AvgIpc) is 2.71. The molecule has 0 aromatic carbocycles. The molecule has 2 heterocycles. The largest absolute Gasteiger partial charge is 0.348 e. The van der Waals surface area contributed by atoms with Crippen molar-refractivity contribution in [3.63, 3.8) is 0 Å². The fourth-order valence-electron chi connectivity index (χ4n) is 2.55. The Kier molecular flexibility index (Phi) is 5.22. The normalized spacial score (nSPS) is 20.3. The minimum Gasteiger partial charge on any atom is -0.348 e. The Labute approximate surface area is 121 Å². The Morgan fingerprint density at radius 1 is 1.47 bits per heavy atom. The number of thiazole rings is 1. The van der Waals surface area contributed by atoms with E-state index >= 15 is 0 Å². The molecule has 1 atom stereocenters. The highest BCUT2D eigenvalue weighted by Crippen LogP contribution is 2.29. The van der Waals surface area contributed by atoms with E-state index in [0.717, 1.165) is 19.0 Å². The lowest BCUT2D eigenvalue weighted by molar-refractivity contribution is 0.446. The SMILES string of the molecule is Cc1nc(N2CCCC(C)C2)sc1CNCC(C)C. The number of rotatable bonds is 5. The van der Waals surface area contributed by atoms with E-state index in [1.54, 1.807) is 0 Å². The average molecular weight is 281 g/mol. The second kappa shape index (κ2) is 6.71. The van der Waals surface area contributed by atoms with Gasteiger partial charge in [-0.25, -0.2) is 4.98 Å². The Balaban J connectivity index is 1.95. The van der Waals surface area contributed by atoms with Crippen molar-refractivity contribution in [2.75, 3.05) is 24.5 Å². The van der Waals surface area contributed by atoms with E-state index < -0.39 is 0 Å². The molecular weight excluding hydrogens is 254 g/mol. The lowest BCUT2D eigenvalue weighted by atomic mass is 10.0. The van der Waals surface area contributed by atoms with Gasteiger partial charge in [0, 0.05) is 24.5 Å². The van der Waals surface area contributed by atoms with E-state index in [1.165, 1.54) is 41.6 Å². The second-order valence-electron chi connectivity index (χ2n) is 6.22. The maximum Gasteiger partial charge on any atom is 0.185 e. The van der Waals surface area contributed by atoms with Crippen LogP contribution in [-0.2, 0) is 6.54 Å². The highest BCUT2D eigenvalue weighted by Gasteiger charge is 2.20. The number of nitrogens with zero attached hydrogens (tertiary/aromatic N) is 2. The summed E-state index contributed by atoms with van der Waals surface area (Å²) >= 11 is 1.87. The van der Waals surface area contributed by atoms with Crippen molar-refractivity contribution < 1.29 is 0 Å². The van der Waals surface area contributed by atoms with E-state index in [9.17, 15) is 0 Å². The molecule has 0 saturated carbocycles. The summed E-state index contributed by atoms with van der Waals surface area (Å²) < 4.78 is 0. The monoisotopic (exact) mass is 281 g/mol. The van der Waals surface area contributed by atoms with E-state index in [1.807, 2.05) is 11.3 Å². The molecule has 1 aliphatic rings. The Hall–Kier alpha value is -0.610. The molecule has 0 radical (unpaired) electrons. The van der Waals surface area contributed by atoms with Crippen LogP contribution in [0.4, 0.5) is 5.13 Å². The molecule has 4 heteroatoms. The summed E-state index contributed by atoms with van der Waals surface area (Å²) in [6.07, 6.45) is 2.67. The van der Waals surface area contributed by atoms with Crippen LogP contribution in [0.2, 0.25) is 0 Å². The Morgan fingerprint density at radius 2 is 2.26 bits per heavy atom. The molecule has 0 spiro atoms. The smallest absolute Gasteiger partial charge is 0.185 e. The van der Waals surface area contributed by atoms with E-state index in [0.29, 0.717) is 5.92 Å². The molecule has 1 aliphatic heterocycles. The van der Waals surface area contributed by atoms with Gasteiger partial charge in [0.15, 0.2) is 5.13 Å². The molecular formula is C15H27N3S. The van der Waals surface area contributed by atoms with Gasteiger partial charge in [-0.2, -0.15) is 0 Å². The quantitative estimate of drug-likeness (QED) is 0.896. The topological polar surface area (TPSA) is 28.2 Å². The molecule has 19 heavy (non-hydrogen) atoms. The molecule has 1 aromatic heterocycles. The van der Waals surface area contributed by atoms with Crippen molar-refractivity contribution >= 4 is 16.5 Å². The van der Waals surface area contributed by atoms with Gasteiger partial charge in [-0.1, -0.05) is 20.8 Å². The van der Waals surface area contributed by atoms with Crippen LogP contribution < -0.4 is 10.2 Å². The zero-order chi connectivity index (χ0) is 13.8. The van der Waals surface area contributed by atoms with E-state index in [4.69, 9.17) is 4.98 Å². The zero-order valence-electron chi connectivity index (χ0n) is 12.7. The number of hydrogen-bond acceptors (Lipinski definition) is 4. The molecule has 108 valence electrons. The summed E-state index contributed by atoms with van der Waals surface area (Å²) in [4.78, 5) is 8.64. The molecule has 0 amide bonds. The van der Waals surface area contributed by atoms with Gasteiger partial charge in [-0.05, 0) is 38.1 Å². The number of piperidine rings is 1. The Bertz CT molecular complexity index is 400. The van der Waals surface area contributed by atoms with Gasteiger partial charge in [-0.3, -0.25) is 0 Å². The number of nitrogens with one attached hydrogen (secondary N) is 1. The van der Waals surface area contributed by atoms with Gasteiger partial charge >= 0.3 is 0 Å². The minimum atomic E-state index is 0.704. The second-order valence-corrected chi connectivity index (χ2v) is 7.29. The predicted octanol–water partition coefficient (Wildman–Crippen LogP) is 3.43. The molecule has 2 rings (SSSR count). The highest BCUT2D eigenvalue weighted by atomic mass is 32.1. The van der Waals surface area contributed by atoms with Gasteiger partial charge in [0.2, 0.25) is 0 Å². The summed E-state index contributed by atoms with van der Waals surface area (Å²) in [5.41, 5.74) is 1.20. The van der Waals surface area contributed by atoms with Gasteiger partial charge in [0.25, 0.3) is 0 Å². The number of anilines is 1. The maximum absolute atomic E-state index is 4.77. The zero-order valence-corrected chi connectivity index (χ0v) is 13.5. The van der Waals surface area contributed by atoms with Gasteiger partial charge in [0.1, 0.15) is 0 Å². The summed E-state index contributed by atoms with van der Waals surface area (Å²) in [6, 6.07) is 0. The van der Waals surface area contributed by atoms with Crippen molar-refractivity contribution in [1.82, 2.24) is 10.3 Å². The van der Waals surface area contributed by atoms with Crippen LogP contribution in [0.25, 0.3) is 0 Å². The lowest BCUT2D eigenvalue weighted by Gasteiger charge is -2.30. The first-order valence-electron chi connectivity index (χ1n) is 7.48. The first kappa shape index (κ1) is 14.8. The number of hydrogen-bond donors (Lipinski definition) is 1. The summed E-state index contributed by atoms with van der Waals surface area (Å²) in [5.74, 6) is 1.51. The highest BCUT2D eigenvalue weighted by molar-refractivity contribution is 7.15. The van der Waals surface area contributed by atoms with Crippen molar-refractivity contribution in [2.24, 2.45) is 11.8 Å². The predicted molar refractivity (Wildman–Crippen MR) is 84.0 cm³/mol. The standard InChI is InChI=1S/C15H27N3S/c1-11(2)8-16-9-14-13(4)17-15(19-14)18-7-5-6-12(3)10-18/h11-12,16H,5-10H2,1-4H3. The van der Waals surface area contributed by atoms with Crippen molar-refractivity contribution in [1.29, 1.82) is 0 Å². The molecule has 1 unspecified atom stereocenters. The first-order chi connectivity index (χ1) is 9.06. The summed E-state index contributed by atoms with van der Waals surface area (Å²) in [6.45, 7) is 13.4. The first-order valence-corrected chi connectivity index (χ1v) is 8.30. The van der Waals surface area contributed by atoms with E-state index in [-0.39, 0.29) is 0 Å². The molecule has 1 aromatic rings. The van der Waals surface area contributed by atoms with Gasteiger partial charge in [0.05, 0.1) is 5.69 Å². The van der Waals surface area contributed by atoms with Crippen LogP contribution in [0.3, 0.4) is 0 Å². The minimum absolute atomic E-state index is 0.704. The van der Waals surface area contributed by atoms with Crippen molar-refractivity contribution in [2.45, 2.75) is 47.1 Å². The maximum atomic E-state index is 4.77. The van der Waals surface area contributed by atoms with E-state index in [2.05, 4.69) is 37.9 Å².